The van der Waals surface area contributed by atoms with Crippen LogP contribution in [0, 0.1) is 5.92 Å². The van der Waals surface area contributed by atoms with Gasteiger partial charge in [0.05, 0.1) is 12.2 Å². The number of nitrogens with zero attached hydrogens (tertiary/aromatic N) is 4. The summed E-state index contributed by atoms with van der Waals surface area (Å²) in [5.74, 6) is -0.409. The van der Waals surface area contributed by atoms with Gasteiger partial charge in [-0.05, 0) is 12.3 Å². The second-order valence-corrected chi connectivity index (χ2v) is 5.27. The van der Waals surface area contributed by atoms with Crippen molar-refractivity contribution in [2.75, 3.05) is 13.1 Å². The Balaban J connectivity index is 1.82. The standard InChI is InChI=1S/C12H18N4O3/c1-8(2)3-4-11(17)15-5-9(6-15)16-7-10(12(18)19)13-14-16/h7-9H,3-6H2,1-2H3,(H,18,19). The molecule has 1 aliphatic heterocycles. The van der Waals surface area contributed by atoms with Crippen LogP contribution in [0.5, 0.6) is 0 Å². The van der Waals surface area contributed by atoms with Crippen molar-refractivity contribution in [3.63, 3.8) is 0 Å². The zero-order chi connectivity index (χ0) is 14.0. The van der Waals surface area contributed by atoms with E-state index in [1.807, 2.05) is 0 Å². The number of hydrogen-bond acceptors (Lipinski definition) is 4. The van der Waals surface area contributed by atoms with Crippen LogP contribution in [0.3, 0.4) is 0 Å². The van der Waals surface area contributed by atoms with E-state index in [0.717, 1.165) is 6.42 Å². The number of carbonyl (C=O) groups excluding carboxylic acids is 1. The van der Waals surface area contributed by atoms with Gasteiger partial charge < -0.3 is 10.0 Å². The SMILES string of the molecule is CC(C)CCC(=O)N1CC(n2cc(C(=O)O)nn2)C1. The number of likely N-dealkylation sites (tertiary alicyclic amines) is 1. The van der Waals surface area contributed by atoms with Gasteiger partial charge in [0, 0.05) is 19.5 Å². The first-order valence-electron chi connectivity index (χ1n) is 6.40. The van der Waals surface area contributed by atoms with Gasteiger partial charge in [0.25, 0.3) is 0 Å². The average Bonchev–Trinajstić information content (AvgIpc) is 2.73. The van der Waals surface area contributed by atoms with Crippen LogP contribution in [0.1, 0.15) is 43.2 Å². The van der Waals surface area contributed by atoms with Crippen molar-refractivity contribution in [1.82, 2.24) is 19.9 Å². The molecule has 7 nitrogen and oxygen atoms in total. The summed E-state index contributed by atoms with van der Waals surface area (Å²) in [6, 6.07) is 0.0450. The van der Waals surface area contributed by atoms with Crippen LogP contribution in [0.15, 0.2) is 6.20 Å². The van der Waals surface area contributed by atoms with E-state index in [4.69, 9.17) is 5.11 Å². The minimum Gasteiger partial charge on any atom is -0.476 e. The molecule has 0 saturated carbocycles. The molecule has 1 aliphatic rings. The van der Waals surface area contributed by atoms with E-state index in [-0.39, 0.29) is 17.6 Å². The van der Waals surface area contributed by atoms with Gasteiger partial charge in [0.1, 0.15) is 0 Å². The van der Waals surface area contributed by atoms with Crippen molar-refractivity contribution in [2.45, 2.75) is 32.7 Å². The van der Waals surface area contributed by atoms with Gasteiger partial charge in [-0.1, -0.05) is 19.1 Å². The lowest BCUT2D eigenvalue weighted by Crippen LogP contribution is -2.50. The van der Waals surface area contributed by atoms with Crippen LogP contribution in [0.2, 0.25) is 0 Å². The predicted octanol–water partition coefficient (Wildman–Crippen LogP) is 0.796. The first-order chi connectivity index (χ1) is 8.97. The highest BCUT2D eigenvalue weighted by Gasteiger charge is 2.32. The van der Waals surface area contributed by atoms with Gasteiger partial charge in [-0.3, -0.25) is 4.79 Å². The third-order valence-electron chi connectivity index (χ3n) is 3.25. The van der Waals surface area contributed by atoms with Crippen LogP contribution in [0.4, 0.5) is 0 Å². The minimum absolute atomic E-state index is 0.0450. The van der Waals surface area contributed by atoms with Crippen molar-refractivity contribution < 1.29 is 14.7 Å². The van der Waals surface area contributed by atoms with Crippen LogP contribution >= 0.6 is 0 Å². The average molecular weight is 266 g/mol. The van der Waals surface area contributed by atoms with Gasteiger partial charge in [0.2, 0.25) is 5.91 Å². The van der Waals surface area contributed by atoms with E-state index in [2.05, 4.69) is 24.2 Å². The summed E-state index contributed by atoms with van der Waals surface area (Å²) in [6.07, 6.45) is 2.87. The molecule has 0 unspecified atom stereocenters. The molecule has 2 rings (SSSR count). The number of carboxylic acids is 1. The number of amides is 1. The molecule has 1 N–H and O–H groups in total. The molecule has 0 radical (unpaired) electrons. The van der Waals surface area contributed by atoms with E-state index in [1.165, 1.54) is 10.9 Å². The fourth-order valence-corrected chi connectivity index (χ4v) is 1.95. The smallest absolute Gasteiger partial charge is 0.358 e. The number of rotatable bonds is 5. The molecule has 0 bridgehead atoms. The number of aromatic nitrogens is 3. The highest BCUT2D eigenvalue weighted by molar-refractivity contribution is 5.84. The van der Waals surface area contributed by atoms with Gasteiger partial charge in [0.15, 0.2) is 5.69 Å². The molecule has 2 heterocycles. The molecule has 1 saturated heterocycles. The van der Waals surface area contributed by atoms with E-state index in [9.17, 15) is 9.59 Å². The maximum absolute atomic E-state index is 11.8. The summed E-state index contributed by atoms with van der Waals surface area (Å²) in [4.78, 5) is 24.3. The van der Waals surface area contributed by atoms with E-state index in [0.29, 0.717) is 25.4 Å². The number of carbonyl (C=O) groups is 2. The minimum atomic E-state index is -1.09. The summed E-state index contributed by atoms with van der Waals surface area (Å²) in [5.41, 5.74) is -0.0652. The summed E-state index contributed by atoms with van der Waals surface area (Å²) >= 11 is 0. The lowest BCUT2D eigenvalue weighted by atomic mass is 10.0. The first kappa shape index (κ1) is 13.5. The first-order valence-corrected chi connectivity index (χ1v) is 6.40. The zero-order valence-electron chi connectivity index (χ0n) is 11.1. The molecule has 1 aromatic rings. The molecule has 0 atom stereocenters. The monoisotopic (exact) mass is 266 g/mol. The Bertz CT molecular complexity index is 477. The molecule has 1 amide bonds. The third-order valence-corrected chi connectivity index (χ3v) is 3.25. The Labute approximate surface area is 111 Å². The van der Waals surface area contributed by atoms with Crippen LogP contribution in [-0.4, -0.2) is 50.0 Å². The Morgan fingerprint density at radius 2 is 2.16 bits per heavy atom. The molecule has 0 aromatic carbocycles. The molecule has 0 aliphatic carbocycles. The summed E-state index contributed by atoms with van der Waals surface area (Å²) in [5, 5.41) is 16.1. The van der Waals surface area contributed by atoms with Crippen molar-refractivity contribution in [3.8, 4) is 0 Å². The molecule has 7 heteroatoms. The number of carboxylic acid groups (broad SMARTS) is 1. The zero-order valence-corrected chi connectivity index (χ0v) is 11.1. The summed E-state index contributed by atoms with van der Waals surface area (Å²) < 4.78 is 1.52. The maximum Gasteiger partial charge on any atom is 0.358 e. The topological polar surface area (TPSA) is 88.3 Å². The van der Waals surface area contributed by atoms with Crippen molar-refractivity contribution in [3.05, 3.63) is 11.9 Å². The molecule has 19 heavy (non-hydrogen) atoms. The largest absolute Gasteiger partial charge is 0.476 e. The van der Waals surface area contributed by atoms with Crippen LogP contribution in [0.25, 0.3) is 0 Å². The van der Waals surface area contributed by atoms with Crippen molar-refractivity contribution in [1.29, 1.82) is 0 Å². The Morgan fingerprint density at radius 3 is 2.68 bits per heavy atom. The van der Waals surface area contributed by atoms with Crippen molar-refractivity contribution >= 4 is 11.9 Å². The van der Waals surface area contributed by atoms with Crippen LogP contribution < -0.4 is 0 Å². The van der Waals surface area contributed by atoms with Crippen LogP contribution in [-0.2, 0) is 4.79 Å². The Kier molecular flexibility index (Phi) is 3.82. The number of aromatic carboxylic acids is 1. The lowest BCUT2D eigenvalue weighted by Gasteiger charge is -2.39. The second kappa shape index (κ2) is 5.38. The lowest BCUT2D eigenvalue weighted by molar-refractivity contribution is -0.137. The fraction of sp³-hybridized carbons (Fsp3) is 0.667. The van der Waals surface area contributed by atoms with E-state index in [1.54, 1.807) is 4.90 Å². The third kappa shape index (κ3) is 3.10. The van der Waals surface area contributed by atoms with E-state index < -0.39 is 5.97 Å². The number of hydrogen-bond donors (Lipinski definition) is 1. The Hall–Kier alpha value is -1.92. The predicted molar refractivity (Wildman–Crippen MR) is 66.7 cm³/mol. The molecule has 104 valence electrons. The molecule has 0 spiro atoms. The van der Waals surface area contributed by atoms with Gasteiger partial charge in [-0.2, -0.15) is 0 Å². The second-order valence-electron chi connectivity index (χ2n) is 5.27. The van der Waals surface area contributed by atoms with Gasteiger partial charge >= 0.3 is 5.97 Å². The quantitative estimate of drug-likeness (QED) is 0.851. The molecular weight excluding hydrogens is 248 g/mol. The molecule has 1 aromatic heterocycles. The summed E-state index contributed by atoms with van der Waals surface area (Å²) in [6.45, 7) is 5.35. The molecule has 1 fully saturated rings. The highest BCUT2D eigenvalue weighted by atomic mass is 16.4. The summed E-state index contributed by atoms with van der Waals surface area (Å²) in [7, 11) is 0. The maximum atomic E-state index is 11.8. The molecular formula is C12H18N4O3. The van der Waals surface area contributed by atoms with Crippen molar-refractivity contribution in [2.24, 2.45) is 5.92 Å². The van der Waals surface area contributed by atoms with Gasteiger partial charge in [-0.15, -0.1) is 5.10 Å². The fourth-order valence-electron chi connectivity index (χ4n) is 1.95. The van der Waals surface area contributed by atoms with Gasteiger partial charge in [-0.25, -0.2) is 9.48 Å². The normalized spacial score (nSPS) is 15.6. The Morgan fingerprint density at radius 1 is 1.47 bits per heavy atom. The van der Waals surface area contributed by atoms with E-state index >= 15 is 0 Å². The highest BCUT2D eigenvalue weighted by Crippen LogP contribution is 2.22.